The van der Waals surface area contributed by atoms with Crippen molar-refractivity contribution >= 4 is 11.7 Å². The van der Waals surface area contributed by atoms with Crippen molar-refractivity contribution in [1.82, 2.24) is 0 Å². The van der Waals surface area contributed by atoms with Gasteiger partial charge in [-0.05, 0) is 38.5 Å². The van der Waals surface area contributed by atoms with E-state index in [1.54, 1.807) is 6.92 Å². The number of aliphatic carboxylic acids is 1. The minimum atomic E-state index is -4.41. The number of hydrogen-bond acceptors (Lipinski definition) is 2. The zero-order chi connectivity index (χ0) is 14.8. The van der Waals surface area contributed by atoms with Crippen LogP contribution in [-0.4, -0.2) is 17.6 Å². The summed E-state index contributed by atoms with van der Waals surface area (Å²) in [6.45, 7) is 4.72. The molecule has 19 heavy (non-hydrogen) atoms. The molecule has 0 aromatic heterocycles. The highest BCUT2D eigenvalue weighted by Gasteiger charge is 2.31. The average Bonchev–Trinajstić information content (AvgIpc) is 2.26. The van der Waals surface area contributed by atoms with Crippen molar-refractivity contribution in [2.75, 3.05) is 11.9 Å². The van der Waals surface area contributed by atoms with Gasteiger partial charge >= 0.3 is 12.1 Å². The normalized spacial score (nSPS) is 12.3. The average molecular weight is 275 g/mol. The molecular weight excluding hydrogens is 259 g/mol. The molecule has 0 saturated carbocycles. The topological polar surface area (TPSA) is 49.3 Å². The fraction of sp³-hybridized carbons (Fsp3) is 0.462. The summed E-state index contributed by atoms with van der Waals surface area (Å²) >= 11 is 0. The van der Waals surface area contributed by atoms with E-state index in [1.165, 1.54) is 19.9 Å². The molecule has 0 spiro atoms. The van der Waals surface area contributed by atoms with Crippen molar-refractivity contribution in [3.8, 4) is 0 Å². The number of carbonyl (C=O) groups is 1. The Morgan fingerprint density at radius 2 is 1.89 bits per heavy atom. The molecular formula is C13H16F3NO2. The van der Waals surface area contributed by atoms with Crippen LogP contribution in [-0.2, 0) is 11.0 Å². The molecule has 0 aliphatic rings. The van der Waals surface area contributed by atoms with Crippen LogP contribution >= 0.6 is 0 Å². The van der Waals surface area contributed by atoms with Crippen LogP contribution < -0.4 is 5.32 Å². The zero-order valence-electron chi connectivity index (χ0n) is 10.9. The minimum absolute atomic E-state index is 0.0461. The molecule has 106 valence electrons. The van der Waals surface area contributed by atoms with Gasteiger partial charge in [-0.3, -0.25) is 4.79 Å². The molecule has 1 aromatic carbocycles. The molecule has 0 heterocycles. The second kappa shape index (κ2) is 5.11. The van der Waals surface area contributed by atoms with Crippen molar-refractivity contribution in [1.29, 1.82) is 0 Å². The fourth-order valence-electron chi connectivity index (χ4n) is 1.38. The van der Waals surface area contributed by atoms with Gasteiger partial charge in [-0.2, -0.15) is 13.2 Å². The number of nitrogens with one attached hydrogen (secondary N) is 1. The van der Waals surface area contributed by atoms with Crippen LogP contribution in [0.1, 0.15) is 25.0 Å². The number of alkyl halides is 3. The first-order valence-corrected chi connectivity index (χ1v) is 5.69. The van der Waals surface area contributed by atoms with Gasteiger partial charge in [-0.15, -0.1) is 0 Å². The summed E-state index contributed by atoms with van der Waals surface area (Å²) in [5.74, 6) is -1.01. The largest absolute Gasteiger partial charge is 0.481 e. The monoisotopic (exact) mass is 275 g/mol. The van der Waals surface area contributed by atoms with Crippen molar-refractivity contribution < 1.29 is 23.1 Å². The third kappa shape index (κ3) is 3.87. The first-order chi connectivity index (χ1) is 8.54. The van der Waals surface area contributed by atoms with Gasteiger partial charge in [-0.1, -0.05) is 6.07 Å². The molecule has 0 atom stereocenters. The van der Waals surface area contributed by atoms with Crippen molar-refractivity contribution in [3.63, 3.8) is 0 Å². The van der Waals surface area contributed by atoms with Crippen molar-refractivity contribution in [2.45, 2.75) is 26.9 Å². The molecule has 0 amide bonds. The zero-order valence-corrected chi connectivity index (χ0v) is 10.9. The summed E-state index contributed by atoms with van der Waals surface area (Å²) in [5.41, 5.74) is -0.882. The van der Waals surface area contributed by atoms with E-state index in [1.807, 2.05) is 0 Å². The van der Waals surface area contributed by atoms with E-state index >= 15 is 0 Å². The highest BCUT2D eigenvalue weighted by molar-refractivity contribution is 5.74. The van der Waals surface area contributed by atoms with Gasteiger partial charge in [0.1, 0.15) is 0 Å². The van der Waals surface area contributed by atoms with Gasteiger partial charge in [0.15, 0.2) is 0 Å². The van der Waals surface area contributed by atoms with Crippen LogP contribution in [0.4, 0.5) is 18.9 Å². The maximum atomic E-state index is 12.6. The summed E-state index contributed by atoms with van der Waals surface area (Å²) in [4.78, 5) is 10.9. The van der Waals surface area contributed by atoms with Gasteiger partial charge in [0, 0.05) is 12.2 Å². The lowest BCUT2D eigenvalue weighted by molar-refractivity contribution is -0.146. The Morgan fingerprint density at radius 3 is 2.37 bits per heavy atom. The number of aryl methyl sites for hydroxylation is 1. The van der Waals surface area contributed by atoms with E-state index in [4.69, 9.17) is 5.11 Å². The lowest BCUT2D eigenvalue weighted by Gasteiger charge is -2.21. The molecule has 3 nitrogen and oxygen atoms in total. The van der Waals surface area contributed by atoms with Crippen molar-refractivity contribution in [2.24, 2.45) is 5.41 Å². The SMILES string of the molecule is Cc1ccc(C(F)(F)F)cc1NCC(C)(C)C(=O)O. The number of carboxylic acids is 1. The quantitative estimate of drug-likeness (QED) is 0.883. The van der Waals surface area contributed by atoms with Gasteiger partial charge in [0.2, 0.25) is 0 Å². The smallest absolute Gasteiger partial charge is 0.416 e. The summed E-state index contributed by atoms with van der Waals surface area (Å²) in [7, 11) is 0. The number of hydrogen-bond donors (Lipinski definition) is 2. The van der Waals surface area contributed by atoms with Crippen molar-refractivity contribution in [3.05, 3.63) is 29.3 Å². The first kappa shape index (κ1) is 15.3. The van der Waals surface area contributed by atoms with E-state index in [0.29, 0.717) is 11.3 Å². The van der Waals surface area contributed by atoms with E-state index in [0.717, 1.165) is 12.1 Å². The third-order valence-corrected chi connectivity index (χ3v) is 2.86. The Morgan fingerprint density at radius 1 is 1.32 bits per heavy atom. The molecule has 0 unspecified atom stereocenters. The van der Waals surface area contributed by atoms with Gasteiger partial charge < -0.3 is 10.4 Å². The molecule has 0 radical (unpaired) electrons. The molecule has 0 aliphatic heterocycles. The molecule has 6 heteroatoms. The Hall–Kier alpha value is -1.72. The number of rotatable bonds is 4. The van der Waals surface area contributed by atoms with E-state index in [9.17, 15) is 18.0 Å². The van der Waals surface area contributed by atoms with Gasteiger partial charge in [-0.25, -0.2) is 0 Å². The van der Waals surface area contributed by atoms with Crippen LogP contribution in [0.2, 0.25) is 0 Å². The highest BCUT2D eigenvalue weighted by atomic mass is 19.4. The lowest BCUT2D eigenvalue weighted by atomic mass is 9.93. The third-order valence-electron chi connectivity index (χ3n) is 2.86. The minimum Gasteiger partial charge on any atom is -0.481 e. The van der Waals surface area contributed by atoms with Gasteiger partial charge in [0.25, 0.3) is 0 Å². The maximum absolute atomic E-state index is 12.6. The van der Waals surface area contributed by atoms with E-state index in [2.05, 4.69) is 5.32 Å². The summed E-state index contributed by atoms with van der Waals surface area (Å²) in [6.07, 6.45) is -4.41. The van der Waals surface area contributed by atoms with E-state index in [-0.39, 0.29) is 6.54 Å². The summed E-state index contributed by atoms with van der Waals surface area (Å²) < 4.78 is 37.7. The van der Waals surface area contributed by atoms with Crippen LogP contribution in [0.3, 0.4) is 0 Å². The van der Waals surface area contributed by atoms with E-state index < -0.39 is 23.1 Å². The van der Waals surface area contributed by atoms with Crippen LogP contribution in [0.25, 0.3) is 0 Å². The molecule has 0 saturated heterocycles. The van der Waals surface area contributed by atoms with Crippen LogP contribution in [0, 0.1) is 12.3 Å². The van der Waals surface area contributed by atoms with Crippen LogP contribution in [0.5, 0.6) is 0 Å². The molecule has 1 rings (SSSR count). The van der Waals surface area contributed by atoms with Crippen LogP contribution in [0.15, 0.2) is 18.2 Å². The second-order valence-electron chi connectivity index (χ2n) is 5.07. The Bertz CT molecular complexity index is 481. The summed E-state index contributed by atoms with van der Waals surface area (Å²) in [6, 6.07) is 3.36. The lowest BCUT2D eigenvalue weighted by Crippen LogP contribution is -2.32. The number of benzene rings is 1. The molecule has 0 bridgehead atoms. The first-order valence-electron chi connectivity index (χ1n) is 5.69. The number of anilines is 1. The standard InChI is InChI=1S/C13H16F3NO2/c1-8-4-5-9(13(14,15)16)6-10(8)17-7-12(2,3)11(18)19/h4-6,17H,7H2,1-3H3,(H,18,19). The molecule has 0 fully saturated rings. The summed E-state index contributed by atoms with van der Waals surface area (Å²) in [5, 5.41) is 11.7. The molecule has 0 aliphatic carbocycles. The predicted molar refractivity (Wildman–Crippen MR) is 66.1 cm³/mol. The highest BCUT2D eigenvalue weighted by Crippen LogP contribution is 2.32. The second-order valence-corrected chi connectivity index (χ2v) is 5.07. The Balaban J connectivity index is 2.93. The Kier molecular flexibility index (Phi) is 4.12. The maximum Gasteiger partial charge on any atom is 0.416 e. The fourth-order valence-corrected chi connectivity index (χ4v) is 1.38. The predicted octanol–water partition coefficient (Wildman–Crippen LogP) is 3.54. The molecule has 1 aromatic rings. The molecule has 2 N–H and O–H groups in total. The van der Waals surface area contributed by atoms with Gasteiger partial charge in [0.05, 0.1) is 11.0 Å². The number of halogens is 3. The Labute approximate surface area is 109 Å². The number of carboxylic acid groups (broad SMARTS) is 1.